The predicted molar refractivity (Wildman–Crippen MR) is 66.4 cm³/mol. The molecule has 9 heteroatoms. The lowest BCUT2D eigenvalue weighted by molar-refractivity contribution is -0.137. The molecule has 0 spiro atoms. The van der Waals surface area contributed by atoms with E-state index in [0.717, 1.165) is 4.90 Å². The number of carbonyl (C=O) groups excluding carboxylic acids is 1. The molecule has 1 aromatic rings. The summed E-state index contributed by atoms with van der Waals surface area (Å²) in [7, 11) is 1.20. The van der Waals surface area contributed by atoms with Crippen molar-refractivity contribution in [1.29, 1.82) is 0 Å². The summed E-state index contributed by atoms with van der Waals surface area (Å²) in [6.45, 7) is 1.37. The second kappa shape index (κ2) is 5.98. The Kier molecular flexibility index (Phi) is 4.77. The molecular weight excluding hydrogens is 294 g/mol. The Labute approximate surface area is 117 Å². The zero-order chi connectivity index (χ0) is 16.4. The van der Waals surface area contributed by atoms with Crippen LogP contribution in [0.5, 0.6) is 0 Å². The number of amidine groups is 1. The first kappa shape index (κ1) is 16.7. The Morgan fingerprint density at radius 3 is 2.48 bits per heavy atom. The van der Waals surface area contributed by atoms with Crippen LogP contribution in [0.4, 0.5) is 17.6 Å². The number of nitrogens with two attached hydrogens (primary N) is 1. The summed E-state index contributed by atoms with van der Waals surface area (Å²) in [5.41, 5.74) is 3.42. The van der Waals surface area contributed by atoms with Crippen molar-refractivity contribution in [1.82, 2.24) is 4.90 Å². The molecule has 0 saturated heterocycles. The maximum absolute atomic E-state index is 13.6. The Hall–Kier alpha value is -2.32. The molecule has 5 nitrogen and oxygen atoms in total. The van der Waals surface area contributed by atoms with Crippen LogP contribution >= 0.6 is 0 Å². The lowest BCUT2D eigenvalue weighted by Gasteiger charge is -2.24. The number of nitrogens with zero attached hydrogens (tertiary/aromatic N) is 2. The van der Waals surface area contributed by atoms with Crippen LogP contribution in [0.3, 0.4) is 0 Å². The highest BCUT2D eigenvalue weighted by molar-refractivity contribution is 5.98. The second-order valence-electron chi connectivity index (χ2n) is 4.31. The summed E-state index contributed by atoms with van der Waals surface area (Å²) in [6.07, 6.45) is -4.70. The zero-order valence-corrected chi connectivity index (χ0v) is 11.1. The minimum atomic E-state index is -4.70. The Morgan fingerprint density at radius 1 is 1.43 bits per heavy atom. The summed E-state index contributed by atoms with van der Waals surface area (Å²) in [5.74, 6) is -2.44. The molecule has 1 rings (SSSR count). The number of halogens is 4. The van der Waals surface area contributed by atoms with Gasteiger partial charge in [0.2, 0.25) is 0 Å². The molecule has 0 aliphatic heterocycles. The van der Waals surface area contributed by atoms with Gasteiger partial charge < -0.3 is 15.8 Å². The average molecular weight is 307 g/mol. The number of carbonyl (C=O) groups is 1. The largest absolute Gasteiger partial charge is 0.416 e. The Bertz CT molecular complexity index is 572. The second-order valence-corrected chi connectivity index (χ2v) is 4.31. The summed E-state index contributed by atoms with van der Waals surface area (Å²) >= 11 is 0. The van der Waals surface area contributed by atoms with Crippen LogP contribution in [-0.4, -0.2) is 34.9 Å². The van der Waals surface area contributed by atoms with Gasteiger partial charge in [0.1, 0.15) is 5.82 Å². The van der Waals surface area contributed by atoms with E-state index in [1.165, 1.54) is 14.0 Å². The maximum Gasteiger partial charge on any atom is 0.416 e. The third kappa shape index (κ3) is 3.61. The van der Waals surface area contributed by atoms with Crippen molar-refractivity contribution in [3.63, 3.8) is 0 Å². The van der Waals surface area contributed by atoms with Gasteiger partial charge in [-0.25, -0.2) is 4.39 Å². The van der Waals surface area contributed by atoms with E-state index in [2.05, 4.69) is 5.16 Å². The molecule has 0 aromatic heterocycles. The monoisotopic (exact) mass is 307 g/mol. The molecule has 0 aliphatic carbocycles. The van der Waals surface area contributed by atoms with Crippen LogP contribution in [-0.2, 0) is 6.18 Å². The number of oxime groups is 1. The molecular formula is C12H13F4N3O2. The number of rotatable bonds is 3. The first-order chi connectivity index (χ1) is 9.59. The standard InChI is InChI=1S/C12H13F4N3O2/c1-6(10(17)18-21)19(2)11(20)8-5-7(12(14,15)16)3-4-9(8)13/h3-6,21H,1-2H3,(H2,17,18). The SMILES string of the molecule is CC(/C(N)=N/O)N(C)C(=O)c1cc(C(F)(F)F)ccc1F. The number of hydrogen-bond donors (Lipinski definition) is 2. The quantitative estimate of drug-likeness (QED) is 0.295. The highest BCUT2D eigenvalue weighted by atomic mass is 19.4. The molecule has 0 fully saturated rings. The fourth-order valence-corrected chi connectivity index (χ4v) is 1.51. The van der Waals surface area contributed by atoms with E-state index in [0.29, 0.717) is 18.2 Å². The van der Waals surface area contributed by atoms with E-state index in [1.54, 1.807) is 0 Å². The molecule has 0 radical (unpaired) electrons. The molecule has 1 atom stereocenters. The van der Waals surface area contributed by atoms with Gasteiger partial charge in [-0.3, -0.25) is 4.79 Å². The number of amides is 1. The van der Waals surface area contributed by atoms with Gasteiger partial charge in [-0.05, 0) is 25.1 Å². The van der Waals surface area contributed by atoms with Gasteiger partial charge in [0.25, 0.3) is 5.91 Å². The average Bonchev–Trinajstić information content (AvgIpc) is 2.43. The molecule has 0 saturated carbocycles. The lowest BCUT2D eigenvalue weighted by Crippen LogP contribution is -2.44. The van der Waals surface area contributed by atoms with Crippen molar-refractivity contribution in [2.75, 3.05) is 7.05 Å². The van der Waals surface area contributed by atoms with E-state index >= 15 is 0 Å². The molecule has 0 heterocycles. The Balaban J connectivity index is 3.18. The molecule has 0 aliphatic rings. The topological polar surface area (TPSA) is 78.9 Å². The van der Waals surface area contributed by atoms with E-state index in [1.807, 2.05) is 0 Å². The molecule has 3 N–H and O–H groups in total. The molecule has 116 valence electrons. The van der Waals surface area contributed by atoms with E-state index in [9.17, 15) is 22.4 Å². The van der Waals surface area contributed by atoms with Crippen molar-refractivity contribution in [2.45, 2.75) is 19.1 Å². The molecule has 1 aromatic carbocycles. The summed E-state index contributed by atoms with van der Waals surface area (Å²) in [5, 5.41) is 11.2. The van der Waals surface area contributed by atoms with Gasteiger partial charge in [0, 0.05) is 7.05 Å². The maximum atomic E-state index is 13.6. The van der Waals surface area contributed by atoms with Crippen molar-refractivity contribution in [2.24, 2.45) is 10.9 Å². The van der Waals surface area contributed by atoms with Crippen LogP contribution in [0, 0.1) is 5.82 Å². The van der Waals surface area contributed by atoms with E-state index in [4.69, 9.17) is 10.9 Å². The molecule has 1 unspecified atom stereocenters. The Morgan fingerprint density at radius 2 is 2.00 bits per heavy atom. The van der Waals surface area contributed by atoms with Crippen molar-refractivity contribution in [3.05, 3.63) is 35.1 Å². The molecule has 21 heavy (non-hydrogen) atoms. The summed E-state index contributed by atoms with van der Waals surface area (Å²) in [6, 6.07) is 0.612. The van der Waals surface area contributed by atoms with E-state index in [-0.39, 0.29) is 5.84 Å². The van der Waals surface area contributed by atoms with Gasteiger partial charge in [-0.15, -0.1) is 0 Å². The van der Waals surface area contributed by atoms with Crippen LogP contribution in [0.25, 0.3) is 0 Å². The number of likely N-dealkylation sites (N-methyl/N-ethyl adjacent to an activating group) is 1. The van der Waals surface area contributed by atoms with Gasteiger partial charge in [0.15, 0.2) is 5.84 Å². The third-order valence-electron chi connectivity index (χ3n) is 2.97. The van der Waals surface area contributed by atoms with Gasteiger partial charge in [-0.1, -0.05) is 5.16 Å². The number of hydrogen-bond acceptors (Lipinski definition) is 3. The summed E-state index contributed by atoms with van der Waals surface area (Å²) < 4.78 is 51.3. The fraction of sp³-hybridized carbons (Fsp3) is 0.333. The van der Waals surface area contributed by atoms with Gasteiger partial charge >= 0.3 is 6.18 Å². The lowest BCUT2D eigenvalue weighted by atomic mass is 10.1. The van der Waals surface area contributed by atoms with E-state index < -0.39 is 35.1 Å². The van der Waals surface area contributed by atoms with Crippen LogP contribution in [0.15, 0.2) is 23.4 Å². The minimum absolute atomic E-state index is 0.335. The van der Waals surface area contributed by atoms with Crippen molar-refractivity contribution in [3.8, 4) is 0 Å². The van der Waals surface area contributed by atoms with Crippen LogP contribution in [0.1, 0.15) is 22.8 Å². The summed E-state index contributed by atoms with van der Waals surface area (Å²) in [4.78, 5) is 12.9. The number of benzene rings is 1. The highest BCUT2D eigenvalue weighted by Crippen LogP contribution is 2.30. The molecule has 0 bridgehead atoms. The van der Waals surface area contributed by atoms with Crippen LogP contribution < -0.4 is 5.73 Å². The smallest absolute Gasteiger partial charge is 0.409 e. The van der Waals surface area contributed by atoms with Crippen LogP contribution in [0.2, 0.25) is 0 Å². The first-order valence-corrected chi connectivity index (χ1v) is 5.71. The van der Waals surface area contributed by atoms with Crippen molar-refractivity contribution >= 4 is 11.7 Å². The number of alkyl halides is 3. The molecule has 1 amide bonds. The predicted octanol–water partition coefficient (Wildman–Crippen LogP) is 2.05. The first-order valence-electron chi connectivity index (χ1n) is 5.71. The highest BCUT2D eigenvalue weighted by Gasteiger charge is 2.33. The fourth-order valence-electron chi connectivity index (χ4n) is 1.51. The normalized spacial score (nSPS) is 13.9. The minimum Gasteiger partial charge on any atom is -0.409 e. The zero-order valence-electron chi connectivity index (χ0n) is 11.1. The third-order valence-corrected chi connectivity index (χ3v) is 2.97. The van der Waals surface area contributed by atoms with Gasteiger partial charge in [-0.2, -0.15) is 13.2 Å². The van der Waals surface area contributed by atoms with Gasteiger partial charge in [0.05, 0.1) is 17.2 Å². The van der Waals surface area contributed by atoms with Crippen molar-refractivity contribution < 1.29 is 27.6 Å².